The highest BCUT2D eigenvalue weighted by Gasteiger charge is 2.71. The van der Waals surface area contributed by atoms with Gasteiger partial charge >= 0.3 is 0 Å². The van der Waals surface area contributed by atoms with Gasteiger partial charge in [0.15, 0.2) is 6.29 Å². The monoisotopic (exact) mass is 442 g/mol. The molecule has 2 fully saturated rings. The van der Waals surface area contributed by atoms with Gasteiger partial charge in [-0.3, -0.25) is 0 Å². The van der Waals surface area contributed by atoms with E-state index in [4.69, 9.17) is 9.47 Å². The Morgan fingerprint density at radius 2 is 1.31 bits per heavy atom. The molecule has 4 N–H and O–H groups in total. The van der Waals surface area contributed by atoms with E-state index >= 15 is 0 Å². The molecule has 6 heteroatoms. The van der Waals surface area contributed by atoms with Crippen molar-refractivity contribution in [2.24, 2.45) is 0 Å². The topological polar surface area (TPSA) is 99.4 Å². The van der Waals surface area contributed by atoms with Crippen molar-refractivity contribution < 1.29 is 29.9 Å². The maximum atomic E-state index is 11.8. The molecule has 1 aliphatic carbocycles. The average Bonchev–Trinajstić information content (AvgIpc) is 2.74. The number of rotatable bonds is 4. The molecule has 6 nitrogen and oxygen atoms in total. The predicted octanol–water partition coefficient (Wildman–Crippen LogP) is 2.56. The lowest BCUT2D eigenvalue weighted by atomic mass is 9.57. The van der Waals surface area contributed by atoms with Gasteiger partial charge in [0.2, 0.25) is 0 Å². The van der Waals surface area contributed by atoms with Crippen LogP contribution in [0.2, 0.25) is 0 Å². The number of aliphatic hydroxyl groups excluding tert-OH is 3. The van der Waals surface area contributed by atoms with E-state index in [-0.39, 0.29) is 0 Å². The van der Waals surface area contributed by atoms with E-state index in [0.717, 1.165) is 44.5 Å². The predicted molar refractivity (Wildman–Crippen MR) is 121 cm³/mol. The summed E-state index contributed by atoms with van der Waals surface area (Å²) in [5.41, 5.74) is 6.16. The van der Waals surface area contributed by atoms with Gasteiger partial charge in [-0.1, -0.05) is 24.3 Å². The molecule has 0 amide bonds. The number of hydrogen-bond donors (Lipinski definition) is 4. The average molecular weight is 443 g/mol. The second-order valence-electron chi connectivity index (χ2n) is 9.64. The van der Waals surface area contributed by atoms with E-state index in [2.05, 4.69) is 0 Å². The summed E-state index contributed by atoms with van der Waals surface area (Å²) < 4.78 is 12.3. The number of hydrogen-bond acceptors (Lipinski definition) is 6. The van der Waals surface area contributed by atoms with Crippen molar-refractivity contribution in [2.45, 2.75) is 83.8 Å². The van der Waals surface area contributed by atoms with Crippen LogP contribution in [-0.4, -0.2) is 57.0 Å². The van der Waals surface area contributed by atoms with Crippen LogP contribution in [0, 0.1) is 41.5 Å². The SMILES string of the molecule is Cc1cc(C)c(C2O[C@H]([C@H](O)CO)[C@@]3(O)C(c4cc(C)c(C)cc4C)C(O)[C@@H]3O2)cc1C. The van der Waals surface area contributed by atoms with Crippen molar-refractivity contribution >= 4 is 0 Å². The third-order valence-corrected chi connectivity index (χ3v) is 7.49. The smallest absolute Gasteiger partial charge is 0.185 e. The van der Waals surface area contributed by atoms with Crippen LogP contribution in [0.25, 0.3) is 0 Å². The van der Waals surface area contributed by atoms with Crippen molar-refractivity contribution in [3.8, 4) is 0 Å². The van der Waals surface area contributed by atoms with Crippen LogP contribution < -0.4 is 0 Å². The number of benzene rings is 2. The molecule has 0 aromatic heterocycles. The molecule has 1 saturated heterocycles. The van der Waals surface area contributed by atoms with Gasteiger partial charge in [-0.05, 0) is 80.5 Å². The Labute approximate surface area is 189 Å². The van der Waals surface area contributed by atoms with Crippen LogP contribution in [0.4, 0.5) is 0 Å². The molecule has 0 radical (unpaired) electrons. The van der Waals surface area contributed by atoms with E-state index in [1.165, 1.54) is 0 Å². The number of ether oxygens (including phenoxy) is 2. The summed E-state index contributed by atoms with van der Waals surface area (Å²) in [4.78, 5) is 0. The first-order valence-electron chi connectivity index (χ1n) is 11.2. The summed E-state index contributed by atoms with van der Waals surface area (Å²) in [5.74, 6) is -0.709. The van der Waals surface area contributed by atoms with Crippen LogP contribution in [0.3, 0.4) is 0 Å². The normalized spacial score (nSPS) is 32.9. The van der Waals surface area contributed by atoms with Gasteiger partial charge in [0, 0.05) is 11.5 Å². The maximum Gasteiger partial charge on any atom is 0.185 e. The third-order valence-electron chi connectivity index (χ3n) is 7.49. The fourth-order valence-corrected chi connectivity index (χ4v) is 5.35. The molecule has 2 aromatic rings. The lowest BCUT2D eigenvalue weighted by Gasteiger charge is -2.62. The minimum absolute atomic E-state index is 0.576. The van der Waals surface area contributed by atoms with E-state index in [1.807, 2.05) is 65.8 Å². The molecule has 1 heterocycles. The van der Waals surface area contributed by atoms with Crippen molar-refractivity contribution in [1.82, 2.24) is 0 Å². The van der Waals surface area contributed by atoms with E-state index in [9.17, 15) is 20.4 Å². The summed E-state index contributed by atoms with van der Waals surface area (Å²) in [5, 5.41) is 43.3. The summed E-state index contributed by atoms with van der Waals surface area (Å²) in [7, 11) is 0. The summed E-state index contributed by atoms with van der Waals surface area (Å²) in [6.45, 7) is 11.3. The first-order chi connectivity index (χ1) is 15.0. The third kappa shape index (κ3) is 3.41. The number of fused-ring (bicyclic) bond motifs is 1. The second kappa shape index (κ2) is 8.20. The van der Waals surface area contributed by atoms with Gasteiger partial charge in [-0.2, -0.15) is 0 Å². The van der Waals surface area contributed by atoms with Gasteiger partial charge in [0.1, 0.15) is 23.9 Å². The van der Waals surface area contributed by atoms with Crippen molar-refractivity contribution in [3.63, 3.8) is 0 Å². The molecular formula is C26H34O6. The number of aryl methyl sites for hydroxylation is 6. The fourth-order valence-electron chi connectivity index (χ4n) is 5.35. The zero-order valence-corrected chi connectivity index (χ0v) is 19.6. The van der Waals surface area contributed by atoms with Crippen molar-refractivity contribution in [3.05, 3.63) is 68.8 Å². The van der Waals surface area contributed by atoms with E-state index in [0.29, 0.717) is 0 Å². The molecule has 2 aromatic carbocycles. The van der Waals surface area contributed by atoms with Crippen LogP contribution in [0.15, 0.2) is 24.3 Å². The Kier molecular flexibility index (Phi) is 5.99. The molecular weight excluding hydrogens is 408 g/mol. The first kappa shape index (κ1) is 23.4. The minimum Gasteiger partial charge on any atom is -0.394 e. The van der Waals surface area contributed by atoms with Gasteiger partial charge in [0.25, 0.3) is 0 Å². The van der Waals surface area contributed by atoms with Crippen LogP contribution in [0.5, 0.6) is 0 Å². The van der Waals surface area contributed by atoms with E-state index in [1.54, 1.807) is 0 Å². The standard InChI is InChI=1S/C26H34O6/c1-12-7-16(5)18(9-14(12)3)21-22(29)24-26(21,30)23(20(28)11-27)31-25(32-24)19-10-15(4)13(2)8-17(19)6/h7-10,20-25,27-30H,11H2,1-6H3/t20-,21?,22?,23-,24+,25?,26+/m1/s1. The Morgan fingerprint density at radius 3 is 1.88 bits per heavy atom. The van der Waals surface area contributed by atoms with Crippen molar-refractivity contribution in [1.29, 1.82) is 0 Å². The fraction of sp³-hybridized carbons (Fsp3) is 0.538. The van der Waals surface area contributed by atoms with Gasteiger partial charge < -0.3 is 29.9 Å². The Hall–Kier alpha value is -1.80. The van der Waals surface area contributed by atoms with Gasteiger partial charge in [0.05, 0.1) is 12.7 Å². The zero-order valence-electron chi connectivity index (χ0n) is 19.6. The highest BCUT2D eigenvalue weighted by Crippen LogP contribution is 2.56. The lowest BCUT2D eigenvalue weighted by Crippen LogP contribution is -2.78. The Morgan fingerprint density at radius 1 is 0.812 bits per heavy atom. The molecule has 4 rings (SSSR count). The molecule has 1 aliphatic heterocycles. The van der Waals surface area contributed by atoms with Crippen LogP contribution in [0.1, 0.15) is 56.7 Å². The van der Waals surface area contributed by atoms with Gasteiger partial charge in [-0.15, -0.1) is 0 Å². The molecule has 0 bridgehead atoms. The highest BCUT2D eigenvalue weighted by molar-refractivity contribution is 5.45. The quantitative estimate of drug-likeness (QED) is 0.581. The lowest BCUT2D eigenvalue weighted by molar-refractivity contribution is -0.403. The Balaban J connectivity index is 1.76. The molecule has 0 spiro atoms. The molecule has 3 unspecified atom stereocenters. The van der Waals surface area contributed by atoms with Crippen molar-refractivity contribution in [2.75, 3.05) is 6.61 Å². The van der Waals surface area contributed by atoms with Crippen LogP contribution in [-0.2, 0) is 9.47 Å². The molecule has 32 heavy (non-hydrogen) atoms. The maximum absolute atomic E-state index is 11.8. The van der Waals surface area contributed by atoms with Crippen LogP contribution >= 0.6 is 0 Å². The minimum atomic E-state index is -1.68. The molecule has 2 aliphatic rings. The number of aliphatic hydroxyl groups is 4. The zero-order chi connectivity index (χ0) is 23.5. The highest BCUT2D eigenvalue weighted by atomic mass is 16.7. The molecule has 7 atom stereocenters. The molecule has 174 valence electrons. The summed E-state index contributed by atoms with van der Waals surface area (Å²) >= 11 is 0. The van der Waals surface area contributed by atoms with Gasteiger partial charge in [-0.25, -0.2) is 0 Å². The molecule has 1 saturated carbocycles. The summed E-state index contributed by atoms with van der Waals surface area (Å²) in [6.07, 6.45) is -5.27. The largest absolute Gasteiger partial charge is 0.394 e. The van der Waals surface area contributed by atoms with E-state index < -0.39 is 48.8 Å². The second-order valence-corrected chi connectivity index (χ2v) is 9.64. The first-order valence-corrected chi connectivity index (χ1v) is 11.2. The summed E-state index contributed by atoms with van der Waals surface area (Å²) in [6, 6.07) is 8.00. The Bertz CT molecular complexity index is 1030.